The fourth-order valence-corrected chi connectivity index (χ4v) is 3.18. The molecule has 3 rings (SSSR count). The lowest BCUT2D eigenvalue weighted by molar-refractivity contribution is 0.103. The van der Waals surface area contributed by atoms with E-state index in [9.17, 15) is 4.79 Å². The summed E-state index contributed by atoms with van der Waals surface area (Å²) < 4.78 is 21.4. The molecule has 28 heavy (non-hydrogen) atoms. The van der Waals surface area contributed by atoms with Crippen LogP contribution in [0.3, 0.4) is 0 Å². The largest absolute Gasteiger partial charge is 0.495 e. The summed E-state index contributed by atoms with van der Waals surface area (Å²) in [5.41, 5.74) is 2.84. The van der Waals surface area contributed by atoms with Crippen molar-refractivity contribution < 1.29 is 23.7 Å². The number of H-pyrrole nitrogens is 1. The number of fused-ring (bicyclic) bond motifs is 1. The van der Waals surface area contributed by atoms with Crippen LogP contribution in [0.4, 0.5) is 0 Å². The SMILES string of the molecule is COc1cc(C(=O)/C(C)=C/c2c[nH]c3c(OC)cccc23)cc(OC)c1OC. The van der Waals surface area contributed by atoms with Crippen LogP contribution >= 0.6 is 0 Å². The Hall–Kier alpha value is -3.41. The van der Waals surface area contributed by atoms with Crippen LogP contribution in [0.1, 0.15) is 22.8 Å². The summed E-state index contributed by atoms with van der Waals surface area (Å²) in [4.78, 5) is 16.2. The second kappa shape index (κ2) is 8.08. The third-order valence-electron chi connectivity index (χ3n) is 4.59. The van der Waals surface area contributed by atoms with Crippen molar-refractivity contribution in [3.8, 4) is 23.0 Å². The second-order valence-electron chi connectivity index (χ2n) is 6.20. The monoisotopic (exact) mass is 381 g/mol. The van der Waals surface area contributed by atoms with E-state index in [1.807, 2.05) is 30.5 Å². The molecule has 1 aromatic heterocycles. The molecule has 0 spiro atoms. The van der Waals surface area contributed by atoms with Gasteiger partial charge in [0.05, 0.1) is 34.0 Å². The van der Waals surface area contributed by atoms with Crippen LogP contribution in [0.2, 0.25) is 0 Å². The summed E-state index contributed by atoms with van der Waals surface area (Å²) in [6.07, 6.45) is 3.71. The van der Waals surface area contributed by atoms with Crippen molar-refractivity contribution >= 4 is 22.8 Å². The van der Waals surface area contributed by atoms with E-state index < -0.39 is 0 Å². The minimum Gasteiger partial charge on any atom is -0.495 e. The first kappa shape index (κ1) is 19.4. The van der Waals surface area contributed by atoms with Gasteiger partial charge >= 0.3 is 0 Å². The quantitative estimate of drug-likeness (QED) is 0.482. The molecule has 6 nitrogen and oxygen atoms in total. The predicted octanol–water partition coefficient (Wildman–Crippen LogP) is 4.49. The van der Waals surface area contributed by atoms with Gasteiger partial charge in [0.2, 0.25) is 5.75 Å². The average molecular weight is 381 g/mol. The van der Waals surface area contributed by atoms with E-state index in [2.05, 4.69) is 4.98 Å². The summed E-state index contributed by atoms with van der Waals surface area (Å²) in [6.45, 7) is 1.78. The van der Waals surface area contributed by atoms with Gasteiger partial charge in [-0.25, -0.2) is 0 Å². The Morgan fingerprint density at radius 3 is 2.14 bits per heavy atom. The first-order valence-electron chi connectivity index (χ1n) is 8.71. The zero-order chi connectivity index (χ0) is 20.3. The second-order valence-corrected chi connectivity index (χ2v) is 6.20. The highest BCUT2D eigenvalue weighted by Gasteiger charge is 2.18. The fourth-order valence-electron chi connectivity index (χ4n) is 3.18. The third kappa shape index (κ3) is 3.41. The molecule has 3 aromatic rings. The Bertz CT molecular complexity index is 1020. The molecule has 0 amide bonds. The number of allylic oxidation sites excluding steroid dienone is 1. The molecular weight excluding hydrogens is 358 g/mol. The Labute approximate surface area is 163 Å². The van der Waals surface area contributed by atoms with E-state index in [1.165, 1.54) is 21.3 Å². The number of para-hydroxylation sites is 1. The maximum Gasteiger partial charge on any atom is 0.203 e. The van der Waals surface area contributed by atoms with Gasteiger partial charge in [0, 0.05) is 22.7 Å². The van der Waals surface area contributed by atoms with Gasteiger partial charge in [0.1, 0.15) is 5.75 Å². The highest BCUT2D eigenvalue weighted by molar-refractivity contribution is 6.12. The Morgan fingerprint density at radius 1 is 0.929 bits per heavy atom. The molecule has 0 fully saturated rings. The van der Waals surface area contributed by atoms with E-state index in [1.54, 1.807) is 26.2 Å². The first-order chi connectivity index (χ1) is 13.5. The van der Waals surface area contributed by atoms with Gasteiger partial charge in [-0.05, 0) is 36.8 Å². The van der Waals surface area contributed by atoms with Crippen LogP contribution < -0.4 is 18.9 Å². The molecule has 2 aromatic carbocycles. The lowest BCUT2D eigenvalue weighted by Gasteiger charge is -2.13. The van der Waals surface area contributed by atoms with Gasteiger partial charge in [-0.2, -0.15) is 0 Å². The topological polar surface area (TPSA) is 69.8 Å². The van der Waals surface area contributed by atoms with Crippen molar-refractivity contribution in [1.82, 2.24) is 4.98 Å². The lowest BCUT2D eigenvalue weighted by Crippen LogP contribution is -2.03. The average Bonchev–Trinajstić information content (AvgIpc) is 3.14. The highest BCUT2D eigenvalue weighted by atomic mass is 16.5. The minimum absolute atomic E-state index is 0.128. The van der Waals surface area contributed by atoms with Crippen LogP contribution in [0.5, 0.6) is 23.0 Å². The molecule has 0 unspecified atom stereocenters. The molecule has 0 aliphatic rings. The molecule has 0 aliphatic carbocycles. The maximum atomic E-state index is 13.0. The van der Waals surface area contributed by atoms with E-state index in [4.69, 9.17) is 18.9 Å². The number of carbonyl (C=O) groups is 1. The van der Waals surface area contributed by atoms with Crippen LogP contribution in [0, 0.1) is 0 Å². The normalized spacial score (nSPS) is 11.4. The number of benzene rings is 2. The summed E-state index contributed by atoms with van der Waals surface area (Å²) in [7, 11) is 6.20. The van der Waals surface area contributed by atoms with Crippen molar-refractivity contribution in [2.24, 2.45) is 0 Å². The van der Waals surface area contributed by atoms with Crippen LogP contribution in [-0.2, 0) is 0 Å². The first-order valence-corrected chi connectivity index (χ1v) is 8.71. The van der Waals surface area contributed by atoms with Crippen LogP contribution in [-0.4, -0.2) is 39.2 Å². The summed E-state index contributed by atoms with van der Waals surface area (Å²) in [5, 5.41) is 0.983. The Morgan fingerprint density at radius 2 is 1.57 bits per heavy atom. The van der Waals surface area contributed by atoms with Gasteiger partial charge in [0.25, 0.3) is 0 Å². The van der Waals surface area contributed by atoms with Gasteiger partial charge in [0.15, 0.2) is 17.3 Å². The van der Waals surface area contributed by atoms with E-state index in [-0.39, 0.29) is 5.78 Å². The molecule has 0 atom stereocenters. The Balaban J connectivity index is 2.01. The zero-order valence-corrected chi connectivity index (χ0v) is 16.6. The molecule has 146 valence electrons. The number of methoxy groups -OCH3 is 4. The molecule has 0 bridgehead atoms. The number of aromatic amines is 1. The molecule has 6 heteroatoms. The summed E-state index contributed by atoms with van der Waals surface area (Å²) in [5.74, 6) is 1.96. The summed E-state index contributed by atoms with van der Waals surface area (Å²) in [6, 6.07) is 9.10. The number of hydrogen-bond donors (Lipinski definition) is 1. The standard InChI is InChI=1S/C22H23NO5/c1-13(9-15-12-23-20-16(15)7-6-8-17(20)25-2)21(24)14-10-18(26-3)22(28-5)19(11-14)27-4/h6-12,23H,1-5H3/b13-9+. The number of hydrogen-bond acceptors (Lipinski definition) is 5. The number of Topliss-reactive ketones (excluding diaryl/α,β-unsaturated/α-hetero) is 1. The fraction of sp³-hybridized carbons (Fsp3) is 0.227. The van der Waals surface area contributed by atoms with Gasteiger partial charge in [-0.15, -0.1) is 0 Å². The van der Waals surface area contributed by atoms with Crippen molar-refractivity contribution in [2.75, 3.05) is 28.4 Å². The van der Waals surface area contributed by atoms with E-state index in [0.717, 1.165) is 22.2 Å². The number of ketones is 1. The van der Waals surface area contributed by atoms with Crippen molar-refractivity contribution in [3.05, 3.63) is 53.2 Å². The Kier molecular flexibility index (Phi) is 5.59. The number of aromatic nitrogens is 1. The number of nitrogens with one attached hydrogen (secondary N) is 1. The molecule has 0 aliphatic heterocycles. The lowest BCUT2D eigenvalue weighted by atomic mass is 10.0. The van der Waals surface area contributed by atoms with Crippen molar-refractivity contribution in [3.63, 3.8) is 0 Å². The smallest absolute Gasteiger partial charge is 0.203 e. The van der Waals surface area contributed by atoms with E-state index in [0.29, 0.717) is 28.4 Å². The number of ether oxygens (including phenoxy) is 4. The summed E-state index contributed by atoms with van der Waals surface area (Å²) >= 11 is 0. The third-order valence-corrected chi connectivity index (χ3v) is 4.59. The molecule has 0 saturated carbocycles. The van der Waals surface area contributed by atoms with Crippen LogP contribution in [0.15, 0.2) is 42.1 Å². The molecule has 0 saturated heterocycles. The van der Waals surface area contributed by atoms with Crippen LogP contribution in [0.25, 0.3) is 17.0 Å². The van der Waals surface area contributed by atoms with Gasteiger partial charge < -0.3 is 23.9 Å². The van der Waals surface area contributed by atoms with E-state index >= 15 is 0 Å². The zero-order valence-electron chi connectivity index (χ0n) is 16.6. The molecular formula is C22H23NO5. The number of carbonyl (C=O) groups excluding carboxylic acids is 1. The van der Waals surface area contributed by atoms with Gasteiger partial charge in [-0.1, -0.05) is 12.1 Å². The number of rotatable bonds is 7. The highest BCUT2D eigenvalue weighted by Crippen LogP contribution is 2.39. The van der Waals surface area contributed by atoms with Crippen molar-refractivity contribution in [2.45, 2.75) is 6.92 Å². The molecule has 1 N–H and O–H groups in total. The molecule has 1 heterocycles. The maximum absolute atomic E-state index is 13.0. The predicted molar refractivity (Wildman–Crippen MR) is 109 cm³/mol. The minimum atomic E-state index is -0.128. The molecule has 0 radical (unpaired) electrons. The van der Waals surface area contributed by atoms with Crippen molar-refractivity contribution in [1.29, 1.82) is 0 Å². The van der Waals surface area contributed by atoms with Gasteiger partial charge in [-0.3, -0.25) is 4.79 Å².